The van der Waals surface area contributed by atoms with E-state index in [0.29, 0.717) is 17.8 Å². The molecule has 5 aliphatic carbocycles. The van der Waals surface area contributed by atoms with Crippen LogP contribution < -0.4 is 4.74 Å². The number of benzene rings is 1. The fourth-order valence-electron chi connectivity index (χ4n) is 7.45. The van der Waals surface area contributed by atoms with Crippen LogP contribution >= 0.6 is 0 Å². The highest BCUT2D eigenvalue weighted by Crippen LogP contribution is 2.64. The first kappa shape index (κ1) is 19.6. The summed E-state index contributed by atoms with van der Waals surface area (Å²) in [5.41, 5.74) is 1.35. The molecule has 30 heavy (non-hydrogen) atoms. The van der Waals surface area contributed by atoms with Gasteiger partial charge in [0.25, 0.3) is 0 Å². The van der Waals surface area contributed by atoms with Gasteiger partial charge in [0.1, 0.15) is 5.75 Å². The van der Waals surface area contributed by atoms with Crippen molar-refractivity contribution in [2.75, 3.05) is 6.61 Å². The predicted octanol–water partition coefficient (Wildman–Crippen LogP) is 6.35. The third-order valence-electron chi connectivity index (χ3n) is 8.71. The van der Waals surface area contributed by atoms with Gasteiger partial charge in [0.05, 0.1) is 6.61 Å². The Morgan fingerprint density at radius 2 is 1.83 bits per heavy atom. The largest absolute Gasteiger partial charge is 0.494 e. The van der Waals surface area contributed by atoms with E-state index in [1.807, 2.05) is 0 Å². The van der Waals surface area contributed by atoms with E-state index in [1.54, 1.807) is 0 Å². The molecule has 0 aromatic heterocycles. The average molecular weight is 413 g/mol. The molecule has 1 aromatic rings. The Morgan fingerprint density at radius 1 is 1.03 bits per heavy atom. The first-order valence-electron chi connectivity index (χ1n) is 12.5. The SMILES string of the molecule is CCCCOc1cccc([C@@H]2CCC[C@]3(C2)OOC2(O3)C3CC4CC(C3)CC2C4)c1. The molecule has 0 N–H and O–H groups in total. The van der Waals surface area contributed by atoms with Gasteiger partial charge in [0.2, 0.25) is 11.6 Å². The number of hydrogen-bond acceptors (Lipinski definition) is 4. The predicted molar refractivity (Wildman–Crippen MR) is 114 cm³/mol. The molecule has 1 aromatic carbocycles. The van der Waals surface area contributed by atoms with E-state index in [1.165, 1.54) is 44.1 Å². The standard InChI is InChI=1S/C26H36O4/c1-2-3-10-27-24-8-4-6-20(16-24)21-7-5-9-25(17-21)28-26(30-29-25)22-12-18-11-19(14-22)15-23(26)13-18/h4,6,8,16,18-19,21-23H,2-3,5,7,9-15,17H2,1H3/t18?,19?,21-,22?,23?,25-,26?/m1/s1. The monoisotopic (exact) mass is 412 g/mol. The second kappa shape index (κ2) is 7.50. The minimum atomic E-state index is -0.558. The zero-order chi connectivity index (χ0) is 20.2. The van der Waals surface area contributed by atoms with Gasteiger partial charge >= 0.3 is 0 Å². The summed E-state index contributed by atoms with van der Waals surface area (Å²) >= 11 is 0. The van der Waals surface area contributed by atoms with Crippen LogP contribution in [-0.4, -0.2) is 18.2 Å². The number of unbranched alkanes of at least 4 members (excludes halogenated alkanes) is 1. The Bertz CT molecular complexity index is 748. The quantitative estimate of drug-likeness (QED) is 0.417. The zero-order valence-electron chi connectivity index (χ0n) is 18.3. The summed E-state index contributed by atoms with van der Waals surface area (Å²) in [6.45, 7) is 2.99. The van der Waals surface area contributed by atoms with Crippen molar-refractivity contribution < 1.29 is 19.2 Å². The molecule has 6 aliphatic rings. The molecule has 0 unspecified atom stereocenters. The summed E-state index contributed by atoms with van der Waals surface area (Å²) in [5.74, 6) is 3.27. The Morgan fingerprint density at radius 3 is 2.60 bits per heavy atom. The lowest BCUT2D eigenvalue weighted by atomic mass is 9.53. The lowest BCUT2D eigenvalue weighted by Gasteiger charge is -2.57. The summed E-state index contributed by atoms with van der Waals surface area (Å²) < 4.78 is 12.9. The van der Waals surface area contributed by atoms with Gasteiger partial charge in [-0.1, -0.05) is 25.5 Å². The number of hydrogen-bond donors (Lipinski definition) is 0. The molecule has 5 saturated carbocycles. The number of ether oxygens (including phenoxy) is 2. The summed E-state index contributed by atoms with van der Waals surface area (Å²) in [6.07, 6.45) is 12.9. The van der Waals surface area contributed by atoms with E-state index in [9.17, 15) is 0 Å². The summed E-state index contributed by atoms with van der Waals surface area (Å²) in [5, 5.41) is 0. The number of rotatable bonds is 5. The van der Waals surface area contributed by atoms with Gasteiger partial charge < -0.3 is 9.47 Å². The first-order chi connectivity index (χ1) is 14.7. The maximum Gasteiger partial charge on any atom is 0.210 e. The Balaban J connectivity index is 1.18. The molecule has 4 bridgehead atoms. The van der Waals surface area contributed by atoms with Crippen LogP contribution in [0.4, 0.5) is 0 Å². The van der Waals surface area contributed by atoms with Crippen molar-refractivity contribution >= 4 is 0 Å². The van der Waals surface area contributed by atoms with Crippen LogP contribution in [0.5, 0.6) is 5.75 Å². The van der Waals surface area contributed by atoms with Crippen molar-refractivity contribution in [3.63, 3.8) is 0 Å². The van der Waals surface area contributed by atoms with E-state index in [-0.39, 0.29) is 0 Å². The summed E-state index contributed by atoms with van der Waals surface area (Å²) in [6, 6.07) is 8.68. The van der Waals surface area contributed by atoms with Crippen LogP contribution in [0.15, 0.2) is 24.3 Å². The van der Waals surface area contributed by atoms with Gasteiger partial charge in [-0.25, -0.2) is 0 Å². The van der Waals surface area contributed by atoms with Crippen molar-refractivity contribution in [1.82, 2.24) is 0 Å². The maximum atomic E-state index is 6.94. The molecule has 164 valence electrons. The van der Waals surface area contributed by atoms with Crippen LogP contribution in [0.1, 0.15) is 89.0 Å². The highest BCUT2D eigenvalue weighted by atomic mass is 17.3. The summed E-state index contributed by atoms with van der Waals surface area (Å²) in [4.78, 5) is 12.4. The molecule has 0 amide bonds. The van der Waals surface area contributed by atoms with Crippen LogP contribution in [0, 0.1) is 23.7 Å². The highest BCUT2D eigenvalue weighted by molar-refractivity contribution is 5.31. The normalized spacial score (nSPS) is 44.2. The minimum Gasteiger partial charge on any atom is -0.494 e. The Kier molecular flexibility index (Phi) is 4.89. The molecule has 2 spiro atoms. The molecule has 1 saturated heterocycles. The van der Waals surface area contributed by atoms with Gasteiger partial charge in [-0.15, -0.1) is 0 Å². The van der Waals surface area contributed by atoms with E-state index in [2.05, 4.69) is 31.2 Å². The van der Waals surface area contributed by atoms with Crippen LogP contribution in [0.25, 0.3) is 0 Å². The topological polar surface area (TPSA) is 36.9 Å². The van der Waals surface area contributed by atoms with Crippen molar-refractivity contribution in [3.05, 3.63) is 29.8 Å². The van der Waals surface area contributed by atoms with E-state index in [4.69, 9.17) is 19.2 Å². The van der Waals surface area contributed by atoms with Crippen molar-refractivity contribution in [2.45, 2.75) is 95.0 Å². The molecular formula is C26H36O4. The van der Waals surface area contributed by atoms with Crippen molar-refractivity contribution in [3.8, 4) is 5.75 Å². The fourth-order valence-corrected chi connectivity index (χ4v) is 7.45. The molecule has 7 rings (SSSR count). The second-order valence-corrected chi connectivity index (χ2v) is 10.8. The molecule has 4 heteroatoms. The van der Waals surface area contributed by atoms with Gasteiger partial charge in [-0.3, -0.25) is 0 Å². The molecule has 1 heterocycles. The molecule has 4 nitrogen and oxygen atoms in total. The molecule has 2 atom stereocenters. The van der Waals surface area contributed by atoms with Gasteiger partial charge in [0.15, 0.2) is 0 Å². The highest BCUT2D eigenvalue weighted by Gasteiger charge is 2.67. The average Bonchev–Trinajstić information content (AvgIpc) is 3.11. The smallest absolute Gasteiger partial charge is 0.210 e. The maximum absolute atomic E-state index is 6.94. The Hall–Kier alpha value is -1.10. The van der Waals surface area contributed by atoms with Crippen molar-refractivity contribution in [2.24, 2.45) is 23.7 Å². The molecule has 6 fully saturated rings. The third-order valence-corrected chi connectivity index (χ3v) is 8.71. The second-order valence-electron chi connectivity index (χ2n) is 10.8. The van der Waals surface area contributed by atoms with Gasteiger partial charge in [-0.05, 0) is 86.8 Å². The van der Waals surface area contributed by atoms with Crippen LogP contribution in [0.2, 0.25) is 0 Å². The fraction of sp³-hybridized carbons (Fsp3) is 0.769. The Labute approximate surface area is 180 Å². The van der Waals surface area contributed by atoms with Gasteiger partial charge in [0, 0.05) is 24.7 Å². The molecule has 1 aliphatic heterocycles. The minimum absolute atomic E-state index is 0.434. The molecule has 0 radical (unpaired) electrons. The van der Waals surface area contributed by atoms with Gasteiger partial charge in [-0.2, -0.15) is 9.78 Å². The van der Waals surface area contributed by atoms with Crippen LogP contribution in [-0.2, 0) is 14.5 Å². The lowest BCUT2D eigenvalue weighted by molar-refractivity contribution is -0.390. The zero-order valence-corrected chi connectivity index (χ0v) is 18.3. The lowest BCUT2D eigenvalue weighted by Crippen LogP contribution is -2.59. The third kappa shape index (κ3) is 3.22. The van der Waals surface area contributed by atoms with Crippen LogP contribution in [0.3, 0.4) is 0 Å². The molecular weight excluding hydrogens is 376 g/mol. The first-order valence-corrected chi connectivity index (χ1v) is 12.5. The summed E-state index contributed by atoms with van der Waals surface area (Å²) in [7, 11) is 0. The van der Waals surface area contributed by atoms with E-state index >= 15 is 0 Å². The van der Waals surface area contributed by atoms with E-state index in [0.717, 1.165) is 56.3 Å². The van der Waals surface area contributed by atoms with E-state index < -0.39 is 11.6 Å². The van der Waals surface area contributed by atoms with Crippen molar-refractivity contribution in [1.29, 1.82) is 0 Å².